The fraction of sp³-hybridized carbons (Fsp3) is 0.500. The Hall–Kier alpha value is -2.04. The van der Waals surface area contributed by atoms with Gasteiger partial charge in [0.2, 0.25) is 5.95 Å². The average Bonchev–Trinajstić information content (AvgIpc) is 2.78. The van der Waals surface area contributed by atoms with Crippen LogP contribution >= 0.6 is 0 Å². The summed E-state index contributed by atoms with van der Waals surface area (Å²) in [5.41, 5.74) is 7.38. The van der Waals surface area contributed by atoms with Crippen molar-refractivity contribution in [3.05, 3.63) is 28.6 Å². The van der Waals surface area contributed by atoms with Crippen LogP contribution < -0.4 is 16.6 Å². The van der Waals surface area contributed by atoms with E-state index in [1.54, 1.807) is 18.2 Å². The molecule has 1 fully saturated rings. The van der Waals surface area contributed by atoms with Gasteiger partial charge >= 0.3 is 0 Å². The van der Waals surface area contributed by atoms with E-state index in [9.17, 15) is 4.79 Å². The van der Waals surface area contributed by atoms with Crippen molar-refractivity contribution in [2.75, 3.05) is 17.6 Å². The standard InChI is InChI=1S/C16H22N4O/c1-15(2)12(16(15,3)4)8-18-14-19-11-6-5-9(17)7-10(11)13(21)20-14/h5-7,12H,8,17H2,1-4H3,(H2,18,19,20,21). The summed E-state index contributed by atoms with van der Waals surface area (Å²) < 4.78 is 0. The van der Waals surface area contributed by atoms with E-state index in [0.717, 1.165) is 6.54 Å². The summed E-state index contributed by atoms with van der Waals surface area (Å²) in [6, 6.07) is 5.18. The van der Waals surface area contributed by atoms with Gasteiger partial charge in [-0.05, 0) is 34.9 Å². The maximum absolute atomic E-state index is 12.1. The van der Waals surface area contributed by atoms with E-state index >= 15 is 0 Å². The molecule has 1 aromatic heterocycles. The first-order valence-electron chi connectivity index (χ1n) is 7.27. The molecule has 1 saturated carbocycles. The number of nitrogens with two attached hydrogens (primary N) is 1. The Kier molecular flexibility index (Phi) is 2.80. The van der Waals surface area contributed by atoms with Crippen LogP contribution in [0.15, 0.2) is 23.0 Å². The summed E-state index contributed by atoms with van der Waals surface area (Å²) in [4.78, 5) is 19.3. The molecule has 21 heavy (non-hydrogen) atoms. The third kappa shape index (κ3) is 2.07. The first-order valence-corrected chi connectivity index (χ1v) is 7.27. The van der Waals surface area contributed by atoms with Crippen molar-refractivity contribution in [3.8, 4) is 0 Å². The predicted molar refractivity (Wildman–Crippen MR) is 86.3 cm³/mol. The normalized spacial score (nSPS) is 19.6. The van der Waals surface area contributed by atoms with E-state index in [4.69, 9.17) is 5.73 Å². The molecule has 0 atom stereocenters. The lowest BCUT2D eigenvalue weighted by Crippen LogP contribution is -2.16. The zero-order valence-corrected chi connectivity index (χ0v) is 12.9. The summed E-state index contributed by atoms with van der Waals surface area (Å²) >= 11 is 0. The van der Waals surface area contributed by atoms with Gasteiger partial charge in [-0.1, -0.05) is 27.7 Å². The second-order valence-corrected chi connectivity index (χ2v) is 7.07. The molecule has 5 nitrogen and oxygen atoms in total. The highest BCUT2D eigenvalue weighted by Gasteiger charge is 2.64. The topological polar surface area (TPSA) is 83.8 Å². The molecule has 2 aromatic rings. The number of nitrogens with one attached hydrogen (secondary N) is 2. The molecule has 4 N–H and O–H groups in total. The van der Waals surface area contributed by atoms with Crippen LogP contribution in [-0.2, 0) is 0 Å². The average molecular weight is 286 g/mol. The van der Waals surface area contributed by atoms with Gasteiger partial charge in [0.05, 0.1) is 10.9 Å². The molecular weight excluding hydrogens is 264 g/mol. The van der Waals surface area contributed by atoms with E-state index in [1.165, 1.54) is 0 Å². The van der Waals surface area contributed by atoms with Crippen molar-refractivity contribution in [2.24, 2.45) is 16.7 Å². The molecular formula is C16H22N4O. The number of nitrogens with zero attached hydrogens (tertiary/aromatic N) is 1. The third-order valence-electron chi connectivity index (χ3n) is 5.52. The molecule has 0 aliphatic heterocycles. The van der Waals surface area contributed by atoms with Gasteiger partial charge in [0.1, 0.15) is 0 Å². The maximum Gasteiger partial charge on any atom is 0.260 e. The van der Waals surface area contributed by atoms with Crippen molar-refractivity contribution < 1.29 is 0 Å². The molecule has 0 unspecified atom stereocenters. The molecule has 112 valence electrons. The zero-order valence-electron chi connectivity index (χ0n) is 12.9. The minimum Gasteiger partial charge on any atom is -0.399 e. The number of anilines is 2. The molecule has 0 radical (unpaired) electrons. The molecule has 1 aliphatic carbocycles. The van der Waals surface area contributed by atoms with Crippen molar-refractivity contribution in [1.82, 2.24) is 9.97 Å². The second-order valence-electron chi connectivity index (χ2n) is 7.07. The minimum absolute atomic E-state index is 0.163. The molecule has 0 amide bonds. The number of aromatic amines is 1. The summed E-state index contributed by atoms with van der Waals surface area (Å²) in [6.45, 7) is 9.91. The van der Waals surface area contributed by atoms with Gasteiger partial charge in [-0.15, -0.1) is 0 Å². The lowest BCUT2D eigenvalue weighted by atomic mass is 10.0. The minimum atomic E-state index is -0.163. The lowest BCUT2D eigenvalue weighted by Gasteiger charge is -2.07. The van der Waals surface area contributed by atoms with Gasteiger partial charge < -0.3 is 11.1 Å². The molecule has 1 aromatic carbocycles. The summed E-state index contributed by atoms with van der Waals surface area (Å²) in [5.74, 6) is 1.09. The summed E-state index contributed by atoms with van der Waals surface area (Å²) in [5, 5.41) is 3.79. The highest BCUT2D eigenvalue weighted by atomic mass is 16.1. The van der Waals surface area contributed by atoms with Crippen LogP contribution in [0, 0.1) is 16.7 Å². The molecule has 3 rings (SSSR count). The largest absolute Gasteiger partial charge is 0.399 e. The van der Waals surface area contributed by atoms with Crippen LogP contribution in [0.3, 0.4) is 0 Å². The van der Waals surface area contributed by atoms with Crippen LogP contribution in [0.5, 0.6) is 0 Å². The fourth-order valence-corrected chi connectivity index (χ4v) is 3.28. The highest BCUT2D eigenvalue weighted by molar-refractivity contribution is 5.81. The smallest absolute Gasteiger partial charge is 0.260 e. The SMILES string of the molecule is CC1(C)C(CNc2nc3ccc(N)cc3c(=O)[nH]2)C1(C)C. The van der Waals surface area contributed by atoms with Crippen LogP contribution in [0.2, 0.25) is 0 Å². The van der Waals surface area contributed by atoms with E-state index < -0.39 is 0 Å². The highest BCUT2D eigenvalue weighted by Crippen LogP contribution is 2.68. The zero-order chi connectivity index (χ0) is 15.4. The van der Waals surface area contributed by atoms with Crippen molar-refractivity contribution in [1.29, 1.82) is 0 Å². The Morgan fingerprint density at radius 3 is 2.57 bits per heavy atom. The first kappa shape index (κ1) is 13.9. The van der Waals surface area contributed by atoms with Crippen molar-refractivity contribution in [2.45, 2.75) is 27.7 Å². The molecule has 1 aliphatic rings. The summed E-state index contributed by atoms with van der Waals surface area (Å²) in [7, 11) is 0. The number of H-pyrrole nitrogens is 1. The van der Waals surface area contributed by atoms with Crippen molar-refractivity contribution in [3.63, 3.8) is 0 Å². The van der Waals surface area contributed by atoms with Gasteiger partial charge in [0.25, 0.3) is 5.56 Å². The molecule has 1 heterocycles. The van der Waals surface area contributed by atoms with Crippen LogP contribution in [0.4, 0.5) is 11.6 Å². The van der Waals surface area contributed by atoms with E-state index in [2.05, 4.69) is 43.0 Å². The van der Waals surface area contributed by atoms with Crippen LogP contribution in [-0.4, -0.2) is 16.5 Å². The molecule has 0 bridgehead atoms. The van der Waals surface area contributed by atoms with Gasteiger partial charge in [0, 0.05) is 12.2 Å². The monoisotopic (exact) mass is 286 g/mol. The van der Waals surface area contributed by atoms with Gasteiger partial charge in [-0.25, -0.2) is 4.98 Å². The van der Waals surface area contributed by atoms with Gasteiger partial charge in [0.15, 0.2) is 0 Å². The maximum atomic E-state index is 12.1. The number of fused-ring (bicyclic) bond motifs is 1. The molecule has 0 saturated heterocycles. The number of rotatable bonds is 3. The number of nitrogen functional groups attached to an aromatic ring is 1. The number of hydrogen-bond donors (Lipinski definition) is 3. The molecule has 0 spiro atoms. The Balaban J connectivity index is 1.83. The van der Waals surface area contributed by atoms with Crippen molar-refractivity contribution >= 4 is 22.5 Å². The number of benzene rings is 1. The molecule has 5 heteroatoms. The van der Waals surface area contributed by atoms with E-state index in [0.29, 0.717) is 39.3 Å². The lowest BCUT2D eigenvalue weighted by molar-refractivity contribution is 0.457. The van der Waals surface area contributed by atoms with E-state index in [-0.39, 0.29) is 5.56 Å². The number of hydrogen-bond acceptors (Lipinski definition) is 4. The Labute approximate surface area is 124 Å². The summed E-state index contributed by atoms with van der Waals surface area (Å²) in [6.07, 6.45) is 0. The predicted octanol–water partition coefficient (Wildman–Crippen LogP) is 2.60. The van der Waals surface area contributed by atoms with Crippen LogP contribution in [0.1, 0.15) is 27.7 Å². The Morgan fingerprint density at radius 2 is 1.95 bits per heavy atom. The van der Waals surface area contributed by atoms with Gasteiger partial charge in [-0.2, -0.15) is 0 Å². The first-order chi connectivity index (χ1) is 9.73. The Morgan fingerprint density at radius 1 is 1.29 bits per heavy atom. The van der Waals surface area contributed by atoms with E-state index in [1.807, 2.05) is 0 Å². The van der Waals surface area contributed by atoms with Gasteiger partial charge in [-0.3, -0.25) is 9.78 Å². The fourth-order valence-electron chi connectivity index (χ4n) is 3.28. The van der Waals surface area contributed by atoms with Crippen LogP contribution in [0.25, 0.3) is 10.9 Å². The number of aromatic nitrogens is 2. The second kappa shape index (κ2) is 4.23. The quantitative estimate of drug-likeness (QED) is 0.757. The Bertz CT molecular complexity index is 746. The third-order valence-corrected chi connectivity index (χ3v) is 5.52.